The number of hydrogen-bond donors (Lipinski definition) is 1. The molecule has 0 aliphatic carbocycles. The molecule has 20 heavy (non-hydrogen) atoms. The lowest BCUT2D eigenvalue weighted by molar-refractivity contribution is -0.136. The van der Waals surface area contributed by atoms with Crippen molar-refractivity contribution in [3.8, 4) is 11.3 Å². The maximum atomic E-state index is 12.1. The van der Waals surface area contributed by atoms with Crippen LogP contribution in [0.5, 0.6) is 0 Å². The topological polar surface area (TPSA) is 67.5 Å². The molecule has 0 saturated heterocycles. The molecule has 0 fully saturated rings. The largest absolute Gasteiger partial charge is 0.481 e. The van der Waals surface area contributed by atoms with Crippen molar-refractivity contribution >= 4 is 28.3 Å². The lowest BCUT2D eigenvalue weighted by atomic mass is 10.1. The Bertz CT molecular complexity index is 831. The van der Waals surface area contributed by atoms with Crippen molar-refractivity contribution in [1.82, 2.24) is 0 Å². The lowest BCUT2D eigenvalue weighted by Gasteiger charge is -2.05. The monoisotopic (exact) mass is 286 g/mol. The predicted octanol–water partition coefficient (Wildman–Crippen LogP) is 3.15. The number of carbonyl (C=O) groups is 1. The first-order valence-corrected chi connectivity index (χ1v) is 6.89. The number of thiophene rings is 1. The van der Waals surface area contributed by atoms with E-state index < -0.39 is 5.97 Å². The third kappa shape index (κ3) is 2.23. The summed E-state index contributed by atoms with van der Waals surface area (Å²) in [5, 5.41) is 13.1. The quantitative estimate of drug-likeness (QED) is 0.803. The fraction of sp³-hybridized carbons (Fsp3) is 0.0667. The molecule has 0 saturated carbocycles. The molecule has 0 spiro atoms. The Morgan fingerprint density at radius 1 is 1.30 bits per heavy atom. The minimum Gasteiger partial charge on any atom is -0.481 e. The molecule has 1 aromatic carbocycles. The van der Waals surface area contributed by atoms with E-state index in [9.17, 15) is 9.59 Å². The van der Waals surface area contributed by atoms with Gasteiger partial charge in [-0.05, 0) is 17.5 Å². The highest BCUT2D eigenvalue weighted by atomic mass is 32.1. The Morgan fingerprint density at radius 2 is 2.15 bits per heavy atom. The fourth-order valence-corrected chi connectivity index (χ4v) is 2.73. The van der Waals surface area contributed by atoms with Gasteiger partial charge in [0.05, 0.1) is 11.8 Å². The SMILES string of the molecule is O=C(O)Cc1cccc2c(=O)cc(-c3ccsc3)oc12. The van der Waals surface area contributed by atoms with Crippen LogP contribution in [-0.2, 0) is 11.2 Å². The fourth-order valence-electron chi connectivity index (χ4n) is 2.08. The zero-order valence-corrected chi connectivity index (χ0v) is 11.1. The molecule has 5 heteroatoms. The van der Waals surface area contributed by atoms with Gasteiger partial charge in [0.15, 0.2) is 5.43 Å². The average molecular weight is 286 g/mol. The number of rotatable bonds is 3. The number of carboxylic acids is 1. The Kier molecular flexibility index (Phi) is 3.12. The molecule has 0 atom stereocenters. The maximum absolute atomic E-state index is 12.1. The van der Waals surface area contributed by atoms with Gasteiger partial charge >= 0.3 is 5.97 Å². The second-order valence-corrected chi connectivity index (χ2v) is 5.13. The van der Waals surface area contributed by atoms with Crippen LogP contribution in [0.1, 0.15) is 5.56 Å². The third-order valence-corrected chi connectivity index (χ3v) is 3.67. The van der Waals surface area contributed by atoms with Gasteiger partial charge in [0, 0.05) is 22.6 Å². The van der Waals surface area contributed by atoms with Gasteiger partial charge in [0.2, 0.25) is 0 Å². The summed E-state index contributed by atoms with van der Waals surface area (Å²) in [6.07, 6.45) is -0.173. The van der Waals surface area contributed by atoms with Crippen LogP contribution in [0.25, 0.3) is 22.3 Å². The van der Waals surface area contributed by atoms with Gasteiger partial charge in [-0.2, -0.15) is 11.3 Å². The summed E-state index contributed by atoms with van der Waals surface area (Å²) < 4.78 is 5.76. The number of fused-ring (bicyclic) bond motifs is 1. The molecule has 0 unspecified atom stereocenters. The summed E-state index contributed by atoms with van der Waals surface area (Å²) in [6.45, 7) is 0. The molecular weight excluding hydrogens is 276 g/mol. The van der Waals surface area contributed by atoms with E-state index in [1.54, 1.807) is 18.2 Å². The Hall–Kier alpha value is -2.40. The first-order valence-electron chi connectivity index (χ1n) is 5.95. The highest BCUT2D eigenvalue weighted by molar-refractivity contribution is 7.08. The van der Waals surface area contributed by atoms with E-state index in [0.717, 1.165) is 5.56 Å². The lowest BCUT2D eigenvalue weighted by Crippen LogP contribution is -2.05. The molecule has 100 valence electrons. The van der Waals surface area contributed by atoms with Crippen molar-refractivity contribution in [3.63, 3.8) is 0 Å². The molecular formula is C15H10O4S. The van der Waals surface area contributed by atoms with Crippen molar-refractivity contribution in [1.29, 1.82) is 0 Å². The molecule has 0 radical (unpaired) electrons. The van der Waals surface area contributed by atoms with Gasteiger partial charge in [-0.3, -0.25) is 9.59 Å². The van der Waals surface area contributed by atoms with Crippen LogP contribution in [-0.4, -0.2) is 11.1 Å². The summed E-state index contributed by atoms with van der Waals surface area (Å²) in [6, 6.07) is 8.27. The van der Waals surface area contributed by atoms with Crippen LogP contribution in [0.15, 0.2) is 50.3 Å². The van der Waals surface area contributed by atoms with Crippen LogP contribution in [0.3, 0.4) is 0 Å². The van der Waals surface area contributed by atoms with Gasteiger partial charge in [-0.15, -0.1) is 0 Å². The number of aliphatic carboxylic acids is 1. The number of carboxylic acid groups (broad SMARTS) is 1. The van der Waals surface area contributed by atoms with E-state index in [1.807, 2.05) is 16.8 Å². The standard InChI is InChI=1S/C15H10O4S/c16-12-7-13(10-4-5-20-8-10)19-15-9(6-14(17)18)2-1-3-11(12)15/h1-5,7-8H,6H2,(H,17,18). The summed E-state index contributed by atoms with van der Waals surface area (Å²) in [7, 11) is 0. The van der Waals surface area contributed by atoms with Gasteiger partial charge < -0.3 is 9.52 Å². The van der Waals surface area contributed by atoms with Gasteiger partial charge in [-0.1, -0.05) is 12.1 Å². The molecule has 0 bridgehead atoms. The van der Waals surface area contributed by atoms with E-state index in [-0.39, 0.29) is 11.8 Å². The smallest absolute Gasteiger partial charge is 0.307 e. The van der Waals surface area contributed by atoms with Gasteiger partial charge in [0.1, 0.15) is 11.3 Å². The van der Waals surface area contributed by atoms with E-state index in [1.165, 1.54) is 17.4 Å². The van der Waals surface area contributed by atoms with Crippen LogP contribution in [0, 0.1) is 0 Å². The summed E-state index contributed by atoms with van der Waals surface area (Å²) in [4.78, 5) is 23.0. The van der Waals surface area contributed by atoms with Crippen molar-refractivity contribution in [2.24, 2.45) is 0 Å². The van der Waals surface area contributed by atoms with Gasteiger partial charge in [-0.25, -0.2) is 0 Å². The molecule has 0 aliphatic rings. The number of benzene rings is 1. The van der Waals surface area contributed by atoms with Gasteiger partial charge in [0.25, 0.3) is 0 Å². The van der Waals surface area contributed by atoms with E-state index >= 15 is 0 Å². The van der Waals surface area contributed by atoms with E-state index in [2.05, 4.69) is 0 Å². The summed E-state index contributed by atoms with van der Waals surface area (Å²) >= 11 is 1.50. The third-order valence-electron chi connectivity index (χ3n) is 2.98. The van der Waals surface area contributed by atoms with Crippen molar-refractivity contribution in [3.05, 3.63) is 56.9 Å². The molecule has 0 aliphatic heterocycles. The Balaban J connectivity index is 2.28. The first-order chi connectivity index (χ1) is 9.65. The first kappa shape index (κ1) is 12.6. The van der Waals surface area contributed by atoms with Crippen molar-refractivity contribution < 1.29 is 14.3 Å². The van der Waals surface area contributed by atoms with Crippen molar-refractivity contribution in [2.45, 2.75) is 6.42 Å². The Morgan fingerprint density at radius 3 is 2.85 bits per heavy atom. The average Bonchev–Trinajstić information content (AvgIpc) is 2.93. The molecule has 2 heterocycles. The zero-order valence-electron chi connectivity index (χ0n) is 10.3. The minimum atomic E-state index is -0.957. The van der Waals surface area contributed by atoms with Crippen LogP contribution in [0.4, 0.5) is 0 Å². The summed E-state index contributed by atoms with van der Waals surface area (Å²) in [5.74, 6) is -0.498. The maximum Gasteiger partial charge on any atom is 0.307 e. The van der Waals surface area contributed by atoms with E-state index in [4.69, 9.17) is 9.52 Å². The highest BCUT2D eigenvalue weighted by Gasteiger charge is 2.12. The Labute approximate surface area is 117 Å². The molecule has 4 nitrogen and oxygen atoms in total. The predicted molar refractivity (Wildman–Crippen MR) is 77.1 cm³/mol. The normalized spacial score (nSPS) is 10.8. The minimum absolute atomic E-state index is 0.167. The van der Waals surface area contributed by atoms with Crippen LogP contribution in [0.2, 0.25) is 0 Å². The summed E-state index contributed by atoms with van der Waals surface area (Å²) in [5.41, 5.74) is 1.51. The van der Waals surface area contributed by atoms with Crippen LogP contribution < -0.4 is 5.43 Å². The molecule has 1 N–H and O–H groups in total. The molecule has 3 rings (SSSR count). The highest BCUT2D eigenvalue weighted by Crippen LogP contribution is 2.26. The molecule has 3 aromatic rings. The zero-order chi connectivity index (χ0) is 14.1. The number of hydrogen-bond acceptors (Lipinski definition) is 4. The molecule has 2 aromatic heterocycles. The van der Waals surface area contributed by atoms with E-state index in [0.29, 0.717) is 22.3 Å². The second-order valence-electron chi connectivity index (χ2n) is 4.35. The second kappa shape index (κ2) is 4.94. The van der Waals surface area contributed by atoms with Crippen molar-refractivity contribution in [2.75, 3.05) is 0 Å². The number of para-hydroxylation sites is 1. The molecule has 0 amide bonds. The van der Waals surface area contributed by atoms with Crippen LogP contribution >= 0.6 is 11.3 Å².